The van der Waals surface area contributed by atoms with Gasteiger partial charge in [0, 0.05) is 13.0 Å². The van der Waals surface area contributed by atoms with E-state index in [1.807, 2.05) is 31.3 Å². The van der Waals surface area contributed by atoms with Gasteiger partial charge in [-0.15, -0.1) is 0 Å². The Bertz CT molecular complexity index is 524. The SMILES string of the molecule is CCC(CC)C(=O)N(C)Cc1nc2ccccc2[nH]1. The number of nitrogens with one attached hydrogen (secondary N) is 1. The van der Waals surface area contributed by atoms with E-state index < -0.39 is 0 Å². The lowest BCUT2D eigenvalue weighted by Crippen LogP contribution is -2.32. The molecular formula is C15H21N3O. The largest absolute Gasteiger partial charge is 0.340 e. The topological polar surface area (TPSA) is 49.0 Å². The number of aromatic nitrogens is 2. The monoisotopic (exact) mass is 259 g/mol. The molecule has 1 aromatic heterocycles. The number of carbonyl (C=O) groups is 1. The molecule has 0 saturated carbocycles. The number of carbonyl (C=O) groups excluding carboxylic acids is 1. The van der Waals surface area contributed by atoms with E-state index in [4.69, 9.17) is 0 Å². The average molecular weight is 259 g/mol. The van der Waals surface area contributed by atoms with Crippen molar-refractivity contribution in [2.45, 2.75) is 33.2 Å². The molecule has 2 rings (SSSR count). The normalized spacial score (nSPS) is 11.2. The zero-order valence-corrected chi connectivity index (χ0v) is 11.8. The summed E-state index contributed by atoms with van der Waals surface area (Å²) in [6.07, 6.45) is 1.78. The fourth-order valence-electron chi connectivity index (χ4n) is 2.33. The third-order valence-corrected chi connectivity index (χ3v) is 3.54. The highest BCUT2D eigenvalue weighted by Gasteiger charge is 2.19. The summed E-state index contributed by atoms with van der Waals surface area (Å²) < 4.78 is 0. The Morgan fingerprint density at radius 1 is 1.32 bits per heavy atom. The predicted octanol–water partition coefficient (Wildman–Crippen LogP) is 2.96. The molecule has 0 atom stereocenters. The van der Waals surface area contributed by atoms with Crippen molar-refractivity contribution in [3.05, 3.63) is 30.1 Å². The molecule has 1 aromatic carbocycles. The van der Waals surface area contributed by atoms with E-state index in [0.717, 1.165) is 29.7 Å². The number of amides is 1. The third kappa shape index (κ3) is 2.95. The van der Waals surface area contributed by atoms with Gasteiger partial charge in [0.2, 0.25) is 5.91 Å². The van der Waals surface area contributed by atoms with Crippen LogP contribution in [0.25, 0.3) is 11.0 Å². The van der Waals surface area contributed by atoms with Gasteiger partial charge in [0.15, 0.2) is 0 Å². The van der Waals surface area contributed by atoms with Crippen LogP contribution in [0.4, 0.5) is 0 Å². The van der Waals surface area contributed by atoms with E-state index in [1.54, 1.807) is 4.90 Å². The maximum Gasteiger partial charge on any atom is 0.225 e. The number of para-hydroxylation sites is 2. The standard InChI is InChI=1S/C15H21N3O/c1-4-11(5-2)15(19)18(3)10-14-16-12-8-6-7-9-13(12)17-14/h6-9,11H,4-5,10H2,1-3H3,(H,16,17). The Morgan fingerprint density at radius 3 is 2.63 bits per heavy atom. The van der Waals surface area contributed by atoms with E-state index >= 15 is 0 Å². The first kappa shape index (κ1) is 13.6. The summed E-state index contributed by atoms with van der Waals surface area (Å²) in [4.78, 5) is 21.7. The van der Waals surface area contributed by atoms with Crippen molar-refractivity contribution in [1.82, 2.24) is 14.9 Å². The van der Waals surface area contributed by atoms with E-state index in [2.05, 4.69) is 23.8 Å². The molecule has 2 aromatic rings. The molecule has 1 amide bonds. The van der Waals surface area contributed by atoms with Gasteiger partial charge in [-0.3, -0.25) is 4.79 Å². The quantitative estimate of drug-likeness (QED) is 0.897. The zero-order chi connectivity index (χ0) is 13.8. The van der Waals surface area contributed by atoms with Crippen LogP contribution in [0.1, 0.15) is 32.5 Å². The van der Waals surface area contributed by atoms with Gasteiger partial charge in [-0.05, 0) is 25.0 Å². The number of benzene rings is 1. The summed E-state index contributed by atoms with van der Waals surface area (Å²) in [6.45, 7) is 4.65. The van der Waals surface area contributed by atoms with Crippen LogP contribution in [0, 0.1) is 5.92 Å². The Kier molecular flexibility index (Phi) is 4.20. The minimum atomic E-state index is 0.120. The van der Waals surface area contributed by atoms with Crippen molar-refractivity contribution >= 4 is 16.9 Å². The molecular weight excluding hydrogens is 238 g/mol. The van der Waals surface area contributed by atoms with Crippen molar-refractivity contribution in [3.63, 3.8) is 0 Å². The highest BCUT2D eigenvalue weighted by molar-refractivity contribution is 5.78. The van der Waals surface area contributed by atoms with Crippen LogP contribution in [-0.4, -0.2) is 27.8 Å². The number of aromatic amines is 1. The van der Waals surface area contributed by atoms with Gasteiger partial charge in [0.25, 0.3) is 0 Å². The van der Waals surface area contributed by atoms with Gasteiger partial charge in [-0.1, -0.05) is 26.0 Å². The minimum Gasteiger partial charge on any atom is -0.340 e. The molecule has 0 aliphatic carbocycles. The summed E-state index contributed by atoms with van der Waals surface area (Å²) in [5, 5.41) is 0. The summed E-state index contributed by atoms with van der Waals surface area (Å²) in [6, 6.07) is 7.90. The molecule has 0 radical (unpaired) electrons. The molecule has 102 valence electrons. The lowest BCUT2D eigenvalue weighted by Gasteiger charge is -2.21. The van der Waals surface area contributed by atoms with E-state index in [0.29, 0.717) is 6.54 Å². The number of rotatable bonds is 5. The predicted molar refractivity (Wildman–Crippen MR) is 76.6 cm³/mol. The molecule has 19 heavy (non-hydrogen) atoms. The average Bonchev–Trinajstić information content (AvgIpc) is 2.82. The molecule has 0 fully saturated rings. The van der Waals surface area contributed by atoms with E-state index in [-0.39, 0.29) is 11.8 Å². The highest BCUT2D eigenvalue weighted by Crippen LogP contribution is 2.14. The molecule has 0 saturated heterocycles. The Hall–Kier alpha value is -1.84. The summed E-state index contributed by atoms with van der Waals surface area (Å²) >= 11 is 0. The van der Waals surface area contributed by atoms with Crippen molar-refractivity contribution in [2.24, 2.45) is 5.92 Å². The second-order valence-corrected chi connectivity index (χ2v) is 4.91. The summed E-state index contributed by atoms with van der Waals surface area (Å²) in [5.74, 6) is 1.16. The Morgan fingerprint density at radius 2 is 2.00 bits per heavy atom. The number of hydrogen-bond acceptors (Lipinski definition) is 2. The van der Waals surface area contributed by atoms with Crippen molar-refractivity contribution < 1.29 is 4.79 Å². The van der Waals surface area contributed by atoms with Gasteiger partial charge in [-0.25, -0.2) is 4.98 Å². The highest BCUT2D eigenvalue weighted by atomic mass is 16.2. The van der Waals surface area contributed by atoms with E-state index in [1.165, 1.54) is 0 Å². The van der Waals surface area contributed by atoms with Crippen molar-refractivity contribution in [2.75, 3.05) is 7.05 Å². The van der Waals surface area contributed by atoms with Crippen LogP contribution in [0.3, 0.4) is 0 Å². The number of imidazole rings is 1. The minimum absolute atomic E-state index is 0.120. The number of nitrogens with zero attached hydrogens (tertiary/aromatic N) is 2. The van der Waals surface area contributed by atoms with Gasteiger partial charge < -0.3 is 9.88 Å². The molecule has 1 heterocycles. The molecule has 0 spiro atoms. The molecule has 1 N–H and O–H groups in total. The number of fused-ring (bicyclic) bond motifs is 1. The molecule has 0 unspecified atom stereocenters. The van der Waals surface area contributed by atoms with Gasteiger partial charge in [0.05, 0.1) is 17.6 Å². The van der Waals surface area contributed by atoms with Crippen LogP contribution < -0.4 is 0 Å². The first-order chi connectivity index (χ1) is 9.15. The molecule has 0 aliphatic rings. The summed E-state index contributed by atoms with van der Waals surface area (Å²) in [7, 11) is 1.84. The van der Waals surface area contributed by atoms with Crippen LogP contribution in [0.2, 0.25) is 0 Å². The smallest absolute Gasteiger partial charge is 0.225 e. The first-order valence-corrected chi connectivity index (χ1v) is 6.84. The maximum atomic E-state index is 12.2. The second kappa shape index (κ2) is 5.87. The van der Waals surface area contributed by atoms with Gasteiger partial charge in [0.1, 0.15) is 5.82 Å². The molecule has 0 aliphatic heterocycles. The van der Waals surface area contributed by atoms with Gasteiger partial charge >= 0.3 is 0 Å². The van der Waals surface area contributed by atoms with Crippen molar-refractivity contribution in [1.29, 1.82) is 0 Å². The summed E-state index contributed by atoms with van der Waals surface area (Å²) in [5.41, 5.74) is 1.96. The van der Waals surface area contributed by atoms with Crippen LogP contribution in [-0.2, 0) is 11.3 Å². The molecule has 0 bridgehead atoms. The Labute approximate surface area is 113 Å². The van der Waals surface area contributed by atoms with E-state index in [9.17, 15) is 4.79 Å². The van der Waals surface area contributed by atoms with Gasteiger partial charge in [-0.2, -0.15) is 0 Å². The van der Waals surface area contributed by atoms with Crippen molar-refractivity contribution in [3.8, 4) is 0 Å². The van der Waals surface area contributed by atoms with Crippen LogP contribution in [0.15, 0.2) is 24.3 Å². The number of H-pyrrole nitrogens is 1. The lowest BCUT2D eigenvalue weighted by atomic mass is 10.0. The second-order valence-electron chi connectivity index (χ2n) is 4.91. The fourth-order valence-corrected chi connectivity index (χ4v) is 2.33. The van der Waals surface area contributed by atoms with Crippen LogP contribution >= 0.6 is 0 Å². The first-order valence-electron chi connectivity index (χ1n) is 6.84. The Balaban J connectivity index is 2.09. The number of hydrogen-bond donors (Lipinski definition) is 1. The lowest BCUT2D eigenvalue weighted by molar-refractivity contribution is -0.135. The third-order valence-electron chi connectivity index (χ3n) is 3.54. The zero-order valence-electron chi connectivity index (χ0n) is 11.8. The molecule has 4 heteroatoms. The maximum absolute atomic E-state index is 12.2. The fraction of sp³-hybridized carbons (Fsp3) is 0.467. The molecule has 4 nitrogen and oxygen atoms in total. The van der Waals surface area contributed by atoms with Crippen LogP contribution in [0.5, 0.6) is 0 Å².